The molecule has 0 fully saturated rings. The maximum Gasteiger partial charge on any atom is 0.573 e. The van der Waals surface area contributed by atoms with Gasteiger partial charge in [0, 0.05) is 30.7 Å². The van der Waals surface area contributed by atoms with E-state index in [1.807, 2.05) is 32.0 Å². The van der Waals surface area contributed by atoms with E-state index in [1.165, 1.54) is 12.1 Å². The van der Waals surface area contributed by atoms with Gasteiger partial charge >= 0.3 is 6.36 Å². The van der Waals surface area contributed by atoms with E-state index in [9.17, 15) is 18.3 Å². The van der Waals surface area contributed by atoms with Crippen LogP contribution in [-0.2, 0) is 7.05 Å². The Morgan fingerprint density at radius 3 is 2.46 bits per heavy atom. The van der Waals surface area contributed by atoms with Crippen molar-refractivity contribution in [1.29, 1.82) is 0 Å². The van der Waals surface area contributed by atoms with Crippen molar-refractivity contribution >= 4 is 11.9 Å². The van der Waals surface area contributed by atoms with Gasteiger partial charge in [-0.2, -0.15) is 5.10 Å². The number of allylic oxidation sites excluding steroid dienone is 1. The molecule has 6 nitrogen and oxygen atoms in total. The van der Waals surface area contributed by atoms with Crippen molar-refractivity contribution in [3.63, 3.8) is 0 Å². The lowest BCUT2D eigenvalue weighted by Gasteiger charge is -2.39. The molecule has 9 heteroatoms. The quantitative estimate of drug-likeness (QED) is 0.844. The third-order valence-electron chi connectivity index (χ3n) is 4.45. The summed E-state index contributed by atoms with van der Waals surface area (Å²) < 4.78 is 42.8. The molecule has 1 aliphatic rings. The van der Waals surface area contributed by atoms with E-state index in [2.05, 4.69) is 14.8 Å². The fraction of sp³-hybridized carbons (Fsp3) is 0.368. The molecule has 0 radical (unpaired) electrons. The van der Waals surface area contributed by atoms with Crippen LogP contribution in [0.1, 0.15) is 29.9 Å². The number of halogens is 3. The largest absolute Gasteiger partial charge is 0.573 e. The summed E-state index contributed by atoms with van der Waals surface area (Å²) in [5.74, 6) is -0.289. The summed E-state index contributed by atoms with van der Waals surface area (Å²) in [6.45, 7) is 3.63. The second-order valence-corrected chi connectivity index (χ2v) is 6.58. The van der Waals surface area contributed by atoms with Crippen LogP contribution in [-0.4, -0.2) is 45.0 Å². The number of alkyl halides is 3. The fourth-order valence-corrected chi connectivity index (χ4v) is 3.23. The van der Waals surface area contributed by atoms with E-state index in [-0.39, 0.29) is 18.4 Å². The predicted molar refractivity (Wildman–Crippen MR) is 98.7 cm³/mol. The highest BCUT2D eigenvalue weighted by Crippen LogP contribution is 2.37. The van der Waals surface area contributed by atoms with Crippen LogP contribution >= 0.6 is 0 Å². The van der Waals surface area contributed by atoms with Gasteiger partial charge in [-0.15, -0.1) is 13.2 Å². The smallest absolute Gasteiger partial charge is 0.406 e. The Labute approximate surface area is 160 Å². The predicted octanol–water partition coefficient (Wildman–Crippen LogP) is 3.43. The number of aliphatic hydroxyl groups is 1. The molecule has 3 rings (SSSR count). The van der Waals surface area contributed by atoms with Crippen LogP contribution in [0.25, 0.3) is 5.70 Å². The first-order valence-corrected chi connectivity index (χ1v) is 8.68. The molecule has 28 heavy (non-hydrogen) atoms. The van der Waals surface area contributed by atoms with Gasteiger partial charge in [-0.25, -0.2) is 0 Å². The number of nitrogens with zero attached hydrogens (tertiary/aromatic N) is 4. The van der Waals surface area contributed by atoms with Gasteiger partial charge in [0.15, 0.2) is 6.17 Å². The Bertz CT molecular complexity index is 888. The number of hydrogen-bond acceptors (Lipinski definition) is 5. The highest BCUT2D eigenvalue weighted by atomic mass is 19.4. The fourth-order valence-electron chi connectivity index (χ4n) is 3.23. The number of rotatable bonds is 5. The summed E-state index contributed by atoms with van der Waals surface area (Å²) in [4.78, 5) is 6.49. The molecule has 1 N–H and O–H groups in total. The van der Waals surface area contributed by atoms with Gasteiger partial charge < -0.3 is 14.7 Å². The molecular weight excluding hydrogens is 373 g/mol. The van der Waals surface area contributed by atoms with E-state index in [1.54, 1.807) is 29.1 Å². The molecule has 150 valence electrons. The Kier molecular flexibility index (Phi) is 5.46. The maximum atomic E-state index is 12.4. The number of aryl methyl sites for hydroxylation is 2. The normalized spacial score (nSPS) is 18.2. The third kappa shape index (κ3) is 4.19. The molecule has 2 heterocycles. The molecule has 2 aromatic rings. The molecule has 1 aliphatic heterocycles. The van der Waals surface area contributed by atoms with Gasteiger partial charge in [0.1, 0.15) is 5.75 Å². The summed E-state index contributed by atoms with van der Waals surface area (Å²) >= 11 is 0. The summed E-state index contributed by atoms with van der Waals surface area (Å²) in [5, 5.41) is 14.1. The Morgan fingerprint density at radius 1 is 1.25 bits per heavy atom. The van der Waals surface area contributed by atoms with E-state index in [0.717, 1.165) is 17.0 Å². The average molecular weight is 394 g/mol. The standard InChI is InChI=1S/C19H21F3N4O2/c1-12(11-27)26-17(14-4-6-15(7-5-14)28-19(20,21)22)8-9-23-18(26)16-10-25(3)24-13(16)2/h4-10,12,18,27H,11H2,1-3H3/t12-,18?/m0/s1. The van der Waals surface area contributed by atoms with Crippen LogP contribution in [0.3, 0.4) is 0 Å². The number of benzene rings is 1. The van der Waals surface area contributed by atoms with Crippen molar-refractivity contribution in [2.75, 3.05) is 6.61 Å². The SMILES string of the molecule is Cc1nn(C)cc1C1N=CC=C(c2ccc(OC(F)(F)F)cc2)N1[C@@H](C)CO. The topological polar surface area (TPSA) is 62.9 Å². The molecule has 1 aromatic heterocycles. The minimum atomic E-state index is -4.74. The first-order chi connectivity index (χ1) is 13.2. The second-order valence-electron chi connectivity index (χ2n) is 6.58. The van der Waals surface area contributed by atoms with Crippen LogP contribution in [0.15, 0.2) is 41.5 Å². The lowest BCUT2D eigenvalue weighted by atomic mass is 10.0. The van der Waals surface area contributed by atoms with Gasteiger partial charge in [-0.1, -0.05) is 0 Å². The molecule has 0 amide bonds. The summed E-state index contributed by atoms with van der Waals surface area (Å²) in [6.07, 6.45) is 0.166. The van der Waals surface area contributed by atoms with Gasteiger partial charge in [0.2, 0.25) is 0 Å². The van der Waals surface area contributed by atoms with Crippen LogP contribution in [0.4, 0.5) is 13.2 Å². The molecule has 0 saturated carbocycles. The molecule has 2 atom stereocenters. The summed E-state index contributed by atoms with van der Waals surface area (Å²) in [5.41, 5.74) is 3.13. The van der Waals surface area contributed by atoms with Gasteiger partial charge in [-0.3, -0.25) is 9.67 Å². The summed E-state index contributed by atoms with van der Waals surface area (Å²) in [7, 11) is 1.82. The van der Waals surface area contributed by atoms with Crippen molar-refractivity contribution in [3.05, 3.63) is 53.4 Å². The number of hydrogen-bond donors (Lipinski definition) is 1. The minimum absolute atomic E-state index is 0.113. The Balaban J connectivity index is 1.96. The molecule has 0 spiro atoms. The van der Waals surface area contributed by atoms with E-state index in [0.29, 0.717) is 5.56 Å². The maximum absolute atomic E-state index is 12.4. The number of aliphatic hydroxyl groups excluding tert-OH is 1. The summed E-state index contributed by atoms with van der Waals surface area (Å²) in [6, 6.07) is 5.36. The molecule has 0 saturated heterocycles. The molecular formula is C19H21F3N4O2. The zero-order valence-electron chi connectivity index (χ0n) is 15.7. The molecule has 1 aromatic carbocycles. The average Bonchev–Trinajstić information content (AvgIpc) is 2.98. The monoisotopic (exact) mass is 394 g/mol. The van der Waals surface area contributed by atoms with Gasteiger partial charge in [-0.05, 0) is 49.8 Å². The van der Waals surface area contributed by atoms with Crippen molar-refractivity contribution in [2.45, 2.75) is 32.4 Å². The van der Waals surface area contributed by atoms with Gasteiger partial charge in [0.05, 0.1) is 18.3 Å². The molecule has 0 bridgehead atoms. The molecule has 0 aliphatic carbocycles. The Morgan fingerprint density at radius 2 is 1.93 bits per heavy atom. The van der Waals surface area contributed by atoms with Crippen LogP contribution in [0.2, 0.25) is 0 Å². The highest BCUT2D eigenvalue weighted by molar-refractivity contribution is 5.86. The van der Waals surface area contributed by atoms with E-state index < -0.39 is 12.5 Å². The molecule has 1 unspecified atom stereocenters. The first kappa shape index (κ1) is 19.9. The highest BCUT2D eigenvalue weighted by Gasteiger charge is 2.32. The number of aromatic nitrogens is 2. The van der Waals surface area contributed by atoms with E-state index >= 15 is 0 Å². The van der Waals surface area contributed by atoms with E-state index in [4.69, 9.17) is 0 Å². The van der Waals surface area contributed by atoms with Crippen molar-refractivity contribution in [2.24, 2.45) is 12.0 Å². The second kappa shape index (κ2) is 7.67. The van der Waals surface area contributed by atoms with Crippen LogP contribution in [0.5, 0.6) is 5.75 Å². The minimum Gasteiger partial charge on any atom is -0.406 e. The lowest BCUT2D eigenvalue weighted by Crippen LogP contribution is -2.38. The lowest BCUT2D eigenvalue weighted by molar-refractivity contribution is -0.274. The van der Waals surface area contributed by atoms with Crippen molar-refractivity contribution in [3.8, 4) is 5.75 Å². The van der Waals surface area contributed by atoms with Gasteiger partial charge in [0.25, 0.3) is 0 Å². The van der Waals surface area contributed by atoms with Crippen molar-refractivity contribution in [1.82, 2.24) is 14.7 Å². The third-order valence-corrected chi connectivity index (χ3v) is 4.45. The van der Waals surface area contributed by atoms with Crippen molar-refractivity contribution < 1.29 is 23.0 Å². The van der Waals surface area contributed by atoms with Crippen LogP contribution in [0, 0.1) is 6.92 Å². The Hall–Kier alpha value is -2.81. The first-order valence-electron chi connectivity index (χ1n) is 8.68. The number of aliphatic imine (C=N–C) groups is 1. The van der Waals surface area contributed by atoms with Crippen LogP contribution < -0.4 is 4.74 Å². The number of ether oxygens (including phenoxy) is 1. The zero-order valence-corrected chi connectivity index (χ0v) is 15.7. The zero-order chi connectivity index (χ0) is 20.5.